The molecule has 0 aromatic carbocycles. The monoisotopic (exact) mass is 650 g/mol. The maximum Gasteiger partial charge on any atom is 0.318 e. The Bertz CT molecular complexity index is 1040. The third-order valence-corrected chi connectivity index (χ3v) is 8.83. The van der Waals surface area contributed by atoms with Gasteiger partial charge in [0.25, 0.3) is 0 Å². The van der Waals surface area contributed by atoms with E-state index in [1.807, 2.05) is 0 Å². The summed E-state index contributed by atoms with van der Waals surface area (Å²) in [5, 5.41) is 0. The molecular weight excluding hydrogens is 596 g/mol. The summed E-state index contributed by atoms with van der Waals surface area (Å²) in [5.41, 5.74) is 4.12. The van der Waals surface area contributed by atoms with Gasteiger partial charge in [-0.15, -0.1) is 0 Å². The van der Waals surface area contributed by atoms with Gasteiger partial charge in [0.2, 0.25) is 0 Å². The van der Waals surface area contributed by atoms with E-state index in [9.17, 15) is 0 Å². The Morgan fingerprint density at radius 3 is 2.51 bits per heavy atom. The molecule has 0 N–H and O–H groups in total. The number of ether oxygens (including phenoxy) is 2. The molecule has 1 aromatic heterocycles. The highest BCUT2D eigenvalue weighted by atomic mass is 79.9. The fourth-order valence-electron chi connectivity index (χ4n) is 5.49. The van der Waals surface area contributed by atoms with Crippen molar-refractivity contribution in [3.8, 4) is 6.01 Å². The molecule has 1 fully saturated rings. The van der Waals surface area contributed by atoms with Crippen molar-refractivity contribution in [2.24, 2.45) is 10.4 Å². The number of aromatic nitrogens is 2. The van der Waals surface area contributed by atoms with Crippen LogP contribution in [0.1, 0.15) is 123 Å². The first-order valence-electron chi connectivity index (χ1n) is 15.9. The lowest BCUT2D eigenvalue weighted by Crippen LogP contribution is -2.30. The van der Waals surface area contributed by atoms with Crippen LogP contribution in [0.2, 0.25) is 0 Å². The van der Waals surface area contributed by atoms with Gasteiger partial charge in [-0.2, -0.15) is 23.5 Å². The van der Waals surface area contributed by atoms with Crippen LogP contribution >= 0.6 is 29.4 Å². The minimum atomic E-state index is 0. The molecule has 0 radical (unpaired) electrons. The largest absolute Gasteiger partial charge is 0.463 e. The Kier molecular flexibility index (Phi) is 16.0. The van der Waals surface area contributed by atoms with Gasteiger partial charge in [-0.05, 0) is 61.5 Å². The lowest BCUT2D eigenvalue weighted by Gasteiger charge is -2.31. The maximum atomic E-state index is 6.51. The molecule has 1 aliphatic carbocycles. The number of hydrogen-bond donors (Lipinski definition) is 0. The van der Waals surface area contributed by atoms with Crippen LogP contribution in [0.25, 0.3) is 11.6 Å². The lowest BCUT2D eigenvalue weighted by molar-refractivity contribution is 0.125. The molecule has 0 saturated carbocycles. The van der Waals surface area contributed by atoms with Crippen LogP contribution < -0.4 is 9.64 Å². The van der Waals surface area contributed by atoms with E-state index in [-0.39, 0.29) is 25.0 Å². The number of aliphatic imine (C=N–C) groups is 1. The van der Waals surface area contributed by atoms with Crippen LogP contribution in [0.3, 0.4) is 0 Å². The molecule has 232 valence electrons. The zero-order chi connectivity index (χ0) is 29.0. The van der Waals surface area contributed by atoms with Crippen molar-refractivity contribution in [2.75, 3.05) is 37.8 Å². The molecule has 41 heavy (non-hydrogen) atoms. The predicted octanol–water partition coefficient (Wildman–Crippen LogP) is 9.14. The molecule has 0 bridgehead atoms. The molecule has 8 heteroatoms. The Morgan fingerprint density at radius 1 is 1.07 bits per heavy atom. The van der Waals surface area contributed by atoms with Gasteiger partial charge in [0.1, 0.15) is 5.82 Å². The molecule has 3 rings (SSSR count). The summed E-state index contributed by atoms with van der Waals surface area (Å²) in [6.45, 7) is 17.2. The molecule has 6 nitrogen and oxygen atoms in total. The van der Waals surface area contributed by atoms with E-state index in [1.165, 1.54) is 57.8 Å². The van der Waals surface area contributed by atoms with Crippen LogP contribution in [0.15, 0.2) is 15.6 Å². The standard InChI is InChI=1S/C33H53BrN4O2.H2S/c1-7-11-13-14-15-18-33(6,17-12-8-2)24-40-32-36-28-23-27(34)30(35-25(5)9-3)26(10-4)29(28)31(37-32)38-19-16-21-39-22-20-38;/h10,23,25H,7-9,11-22,24H2,1-6H3;1H2/b26-10-,35-30?;. The second-order valence-electron chi connectivity index (χ2n) is 11.8. The number of halogens is 1. The minimum Gasteiger partial charge on any atom is -0.463 e. The summed E-state index contributed by atoms with van der Waals surface area (Å²) in [7, 11) is 0. The topological polar surface area (TPSA) is 59.8 Å². The van der Waals surface area contributed by atoms with Crippen LogP contribution in [0.5, 0.6) is 6.01 Å². The van der Waals surface area contributed by atoms with Crippen molar-refractivity contribution in [2.45, 2.75) is 118 Å². The highest BCUT2D eigenvalue weighted by Gasteiger charge is 2.31. The first-order chi connectivity index (χ1) is 19.4. The fourth-order valence-corrected chi connectivity index (χ4v) is 6.02. The van der Waals surface area contributed by atoms with E-state index in [4.69, 9.17) is 24.4 Å². The second kappa shape index (κ2) is 18.3. The summed E-state index contributed by atoms with van der Waals surface area (Å²) in [6.07, 6.45) is 17.5. The number of unbranched alkanes of at least 4 members (excludes halogenated alkanes) is 5. The van der Waals surface area contributed by atoms with Crippen molar-refractivity contribution < 1.29 is 9.47 Å². The summed E-state index contributed by atoms with van der Waals surface area (Å²) in [5.74, 6) is 0.932. The number of nitrogens with zero attached hydrogens (tertiary/aromatic N) is 4. The van der Waals surface area contributed by atoms with Gasteiger partial charge in [0.05, 0.1) is 30.2 Å². The van der Waals surface area contributed by atoms with Gasteiger partial charge >= 0.3 is 6.01 Å². The average Bonchev–Trinajstić information content (AvgIpc) is 3.24. The highest BCUT2D eigenvalue weighted by molar-refractivity contribution is 9.12. The van der Waals surface area contributed by atoms with Crippen molar-refractivity contribution in [1.82, 2.24) is 9.97 Å². The number of allylic oxidation sites excluding steroid dienone is 3. The summed E-state index contributed by atoms with van der Waals surface area (Å²) in [6, 6.07) is 0.704. The van der Waals surface area contributed by atoms with E-state index in [0.717, 1.165) is 65.4 Å². The minimum absolute atomic E-state index is 0. The Hall–Kier alpha value is -1.38. The van der Waals surface area contributed by atoms with Crippen molar-refractivity contribution in [3.63, 3.8) is 0 Å². The third-order valence-electron chi connectivity index (χ3n) is 8.23. The third kappa shape index (κ3) is 10.4. The van der Waals surface area contributed by atoms with Crippen molar-refractivity contribution >= 4 is 52.6 Å². The zero-order valence-electron chi connectivity index (χ0n) is 26.5. The van der Waals surface area contributed by atoms with Crippen LogP contribution in [-0.2, 0) is 4.74 Å². The molecule has 0 amide bonds. The Balaban J connectivity index is 0.00000588. The van der Waals surface area contributed by atoms with E-state index >= 15 is 0 Å². The molecule has 2 atom stereocenters. The van der Waals surface area contributed by atoms with Gasteiger partial charge < -0.3 is 14.4 Å². The Labute approximate surface area is 265 Å². The SMILES string of the molecule is C/C=C1\C(=NC(C)CC)C(Br)=Cc2nc(OCC(C)(CCCC)CCCCCCC)nc(N3CCCOCC3)c21.S. The normalized spacial score (nSPS) is 19.7. The van der Waals surface area contributed by atoms with E-state index in [1.54, 1.807) is 0 Å². The van der Waals surface area contributed by atoms with Crippen LogP contribution in [0, 0.1) is 5.41 Å². The summed E-state index contributed by atoms with van der Waals surface area (Å²) >= 11 is 3.82. The van der Waals surface area contributed by atoms with Gasteiger partial charge in [0.15, 0.2) is 0 Å². The molecular formula is C33H55BrN4O2S. The highest BCUT2D eigenvalue weighted by Crippen LogP contribution is 2.40. The van der Waals surface area contributed by atoms with E-state index in [0.29, 0.717) is 19.2 Å². The number of hydrogen-bond acceptors (Lipinski definition) is 6. The number of fused-ring (bicyclic) bond motifs is 1. The first-order valence-corrected chi connectivity index (χ1v) is 16.6. The first kappa shape index (κ1) is 35.8. The summed E-state index contributed by atoms with van der Waals surface area (Å²) < 4.78 is 13.3. The molecule has 1 saturated heterocycles. The molecule has 1 aromatic rings. The number of rotatable bonds is 15. The average molecular weight is 652 g/mol. The zero-order valence-corrected chi connectivity index (χ0v) is 29.1. The lowest BCUT2D eigenvalue weighted by atomic mass is 9.80. The number of anilines is 1. The van der Waals surface area contributed by atoms with E-state index < -0.39 is 0 Å². The van der Waals surface area contributed by atoms with Gasteiger partial charge in [-0.25, -0.2) is 0 Å². The molecule has 2 heterocycles. The fraction of sp³-hybridized carbons (Fsp3) is 0.727. The van der Waals surface area contributed by atoms with Gasteiger partial charge in [-0.1, -0.05) is 78.7 Å². The molecule has 2 unspecified atom stereocenters. The maximum absolute atomic E-state index is 6.51. The smallest absolute Gasteiger partial charge is 0.318 e. The van der Waals surface area contributed by atoms with Crippen molar-refractivity contribution in [1.29, 1.82) is 0 Å². The van der Waals surface area contributed by atoms with Crippen LogP contribution in [-0.4, -0.2) is 54.6 Å². The molecule has 1 aliphatic heterocycles. The molecule has 0 spiro atoms. The van der Waals surface area contributed by atoms with Gasteiger partial charge in [0, 0.05) is 41.2 Å². The van der Waals surface area contributed by atoms with Crippen LogP contribution in [0.4, 0.5) is 5.82 Å². The second-order valence-corrected chi connectivity index (χ2v) is 12.7. The van der Waals surface area contributed by atoms with Crippen molar-refractivity contribution in [3.05, 3.63) is 21.8 Å². The van der Waals surface area contributed by atoms with Gasteiger partial charge in [-0.3, -0.25) is 4.99 Å². The molecule has 2 aliphatic rings. The predicted molar refractivity (Wildman–Crippen MR) is 184 cm³/mol. The van der Waals surface area contributed by atoms with E-state index in [2.05, 4.69) is 74.5 Å². The summed E-state index contributed by atoms with van der Waals surface area (Å²) in [4.78, 5) is 17.5. The quantitative estimate of drug-likeness (QED) is 0.177. The Morgan fingerprint density at radius 2 is 1.80 bits per heavy atom.